The van der Waals surface area contributed by atoms with E-state index in [9.17, 15) is 0 Å². The molecule has 1 aromatic carbocycles. The van der Waals surface area contributed by atoms with Crippen LogP contribution in [0.2, 0.25) is 0 Å². The summed E-state index contributed by atoms with van der Waals surface area (Å²) in [7, 11) is 0. The summed E-state index contributed by atoms with van der Waals surface area (Å²) in [5.74, 6) is 0. The number of aromatic amines is 1. The Balaban J connectivity index is 1.80. The highest BCUT2D eigenvalue weighted by atomic mass is 15.3. The van der Waals surface area contributed by atoms with Crippen molar-refractivity contribution in [3.05, 3.63) is 59.7 Å². The van der Waals surface area contributed by atoms with Gasteiger partial charge < -0.3 is 5.32 Å². The number of hydrogen-bond donors (Lipinski definition) is 2. The Labute approximate surface area is 124 Å². The van der Waals surface area contributed by atoms with Gasteiger partial charge in [0, 0.05) is 11.8 Å². The lowest BCUT2D eigenvalue weighted by Gasteiger charge is -2.13. The number of hydrogen-bond acceptors (Lipinski definition) is 3. The molecule has 0 bridgehead atoms. The number of rotatable bonds is 4. The first kappa shape index (κ1) is 13.4. The Bertz CT molecular complexity index is 707. The first-order valence-electron chi connectivity index (χ1n) is 7.03. The van der Waals surface area contributed by atoms with Crippen molar-refractivity contribution >= 4 is 5.69 Å². The van der Waals surface area contributed by atoms with Gasteiger partial charge in [0.15, 0.2) is 0 Å². The molecule has 0 fully saturated rings. The summed E-state index contributed by atoms with van der Waals surface area (Å²) in [6.45, 7) is 6.13. The summed E-state index contributed by atoms with van der Waals surface area (Å²) in [4.78, 5) is 0. The summed E-state index contributed by atoms with van der Waals surface area (Å²) in [6, 6.07) is 10.3. The molecule has 3 rings (SSSR count). The number of aromatic nitrogens is 4. The molecular weight excluding hydrogens is 262 g/mol. The molecule has 2 aromatic heterocycles. The van der Waals surface area contributed by atoms with Crippen molar-refractivity contribution in [3.63, 3.8) is 0 Å². The minimum Gasteiger partial charge on any atom is -0.375 e. The molecule has 2 N–H and O–H groups in total. The standard InChI is InChI=1S/C16H19N5/c1-11(18-16-12(2)19-20-13(16)3)14-9-17-21(10-14)15-7-5-4-6-8-15/h4-11,18H,1-3H3,(H,19,20). The zero-order valence-corrected chi connectivity index (χ0v) is 12.5. The Morgan fingerprint density at radius 1 is 1.19 bits per heavy atom. The zero-order chi connectivity index (χ0) is 14.8. The first-order chi connectivity index (χ1) is 10.1. The molecule has 3 aromatic rings. The predicted octanol–water partition coefficient (Wildman–Crippen LogP) is 3.39. The molecule has 0 aliphatic carbocycles. The average molecular weight is 281 g/mol. The quantitative estimate of drug-likeness (QED) is 0.770. The lowest BCUT2D eigenvalue weighted by atomic mass is 10.1. The lowest BCUT2D eigenvalue weighted by Crippen LogP contribution is -2.07. The van der Waals surface area contributed by atoms with Crippen LogP contribution in [-0.2, 0) is 0 Å². The fraction of sp³-hybridized carbons (Fsp3) is 0.250. The van der Waals surface area contributed by atoms with Crippen molar-refractivity contribution in [1.29, 1.82) is 0 Å². The molecule has 108 valence electrons. The van der Waals surface area contributed by atoms with Crippen LogP contribution in [0.25, 0.3) is 5.69 Å². The van der Waals surface area contributed by atoms with Crippen LogP contribution in [0.4, 0.5) is 5.69 Å². The van der Waals surface area contributed by atoms with Crippen LogP contribution in [0, 0.1) is 13.8 Å². The van der Waals surface area contributed by atoms with E-state index in [2.05, 4.69) is 33.7 Å². The van der Waals surface area contributed by atoms with Crippen molar-refractivity contribution < 1.29 is 0 Å². The minimum absolute atomic E-state index is 0.164. The molecule has 0 amide bonds. The van der Waals surface area contributed by atoms with Crippen molar-refractivity contribution in [2.24, 2.45) is 0 Å². The number of nitrogens with one attached hydrogen (secondary N) is 2. The molecule has 2 heterocycles. The van der Waals surface area contributed by atoms with Gasteiger partial charge in [0.2, 0.25) is 0 Å². The van der Waals surface area contributed by atoms with Gasteiger partial charge in [0.05, 0.1) is 35.0 Å². The third-order valence-electron chi connectivity index (χ3n) is 3.61. The molecule has 1 unspecified atom stereocenters. The fourth-order valence-electron chi connectivity index (χ4n) is 2.35. The summed E-state index contributed by atoms with van der Waals surface area (Å²) in [6.07, 6.45) is 3.95. The number of anilines is 1. The second-order valence-corrected chi connectivity index (χ2v) is 5.23. The highest BCUT2D eigenvalue weighted by molar-refractivity contribution is 5.52. The third-order valence-corrected chi connectivity index (χ3v) is 3.61. The van der Waals surface area contributed by atoms with Gasteiger partial charge in [-0.3, -0.25) is 5.10 Å². The molecule has 21 heavy (non-hydrogen) atoms. The van der Waals surface area contributed by atoms with Crippen molar-refractivity contribution in [3.8, 4) is 5.69 Å². The highest BCUT2D eigenvalue weighted by Gasteiger charge is 2.13. The Morgan fingerprint density at radius 3 is 2.62 bits per heavy atom. The topological polar surface area (TPSA) is 58.5 Å². The Morgan fingerprint density at radius 2 is 1.95 bits per heavy atom. The van der Waals surface area contributed by atoms with Gasteiger partial charge in [-0.05, 0) is 32.9 Å². The fourth-order valence-corrected chi connectivity index (χ4v) is 2.35. The minimum atomic E-state index is 0.164. The van der Waals surface area contributed by atoms with Crippen molar-refractivity contribution in [2.45, 2.75) is 26.8 Å². The first-order valence-corrected chi connectivity index (χ1v) is 7.03. The maximum Gasteiger partial charge on any atom is 0.0825 e. The molecule has 5 heteroatoms. The molecule has 0 radical (unpaired) electrons. The highest BCUT2D eigenvalue weighted by Crippen LogP contribution is 2.23. The summed E-state index contributed by atoms with van der Waals surface area (Å²) in [5, 5.41) is 15.1. The van der Waals surface area contributed by atoms with E-state index in [-0.39, 0.29) is 6.04 Å². The number of para-hydroxylation sites is 1. The normalized spacial score (nSPS) is 12.3. The van der Waals surface area contributed by atoms with Crippen molar-refractivity contribution in [2.75, 3.05) is 5.32 Å². The maximum atomic E-state index is 4.43. The molecular formula is C16H19N5. The Hall–Kier alpha value is -2.56. The molecule has 0 aliphatic heterocycles. The van der Waals surface area contributed by atoms with E-state index >= 15 is 0 Å². The monoisotopic (exact) mass is 281 g/mol. The van der Waals surface area contributed by atoms with Crippen LogP contribution in [-0.4, -0.2) is 20.0 Å². The smallest absolute Gasteiger partial charge is 0.0825 e. The van der Waals surface area contributed by atoms with Crippen LogP contribution < -0.4 is 5.32 Å². The summed E-state index contributed by atoms with van der Waals surface area (Å²) < 4.78 is 1.89. The van der Waals surface area contributed by atoms with Gasteiger partial charge in [-0.15, -0.1) is 0 Å². The van der Waals surface area contributed by atoms with E-state index in [4.69, 9.17) is 0 Å². The lowest BCUT2D eigenvalue weighted by molar-refractivity contribution is 0.867. The molecule has 0 spiro atoms. The van der Waals surface area contributed by atoms with E-state index in [1.54, 1.807) is 0 Å². The van der Waals surface area contributed by atoms with E-state index in [0.29, 0.717) is 0 Å². The Kier molecular flexibility index (Phi) is 3.48. The van der Waals surface area contributed by atoms with Crippen LogP contribution >= 0.6 is 0 Å². The molecule has 0 aliphatic rings. The van der Waals surface area contributed by atoms with E-state index in [1.807, 2.05) is 55.1 Å². The van der Waals surface area contributed by atoms with Gasteiger partial charge >= 0.3 is 0 Å². The van der Waals surface area contributed by atoms with Gasteiger partial charge in [0.1, 0.15) is 0 Å². The zero-order valence-electron chi connectivity index (χ0n) is 12.5. The van der Waals surface area contributed by atoms with E-state index < -0.39 is 0 Å². The van der Waals surface area contributed by atoms with Crippen LogP contribution in [0.1, 0.15) is 29.9 Å². The summed E-state index contributed by atoms with van der Waals surface area (Å²) >= 11 is 0. The van der Waals surface area contributed by atoms with Crippen LogP contribution in [0.3, 0.4) is 0 Å². The molecule has 5 nitrogen and oxygen atoms in total. The number of benzene rings is 1. The second-order valence-electron chi connectivity index (χ2n) is 5.23. The van der Waals surface area contributed by atoms with Gasteiger partial charge in [-0.2, -0.15) is 10.2 Å². The maximum absolute atomic E-state index is 4.43. The van der Waals surface area contributed by atoms with Crippen LogP contribution in [0.5, 0.6) is 0 Å². The number of aryl methyl sites for hydroxylation is 2. The second kappa shape index (κ2) is 5.44. The predicted molar refractivity (Wildman–Crippen MR) is 83.7 cm³/mol. The van der Waals surface area contributed by atoms with Crippen molar-refractivity contribution in [1.82, 2.24) is 20.0 Å². The van der Waals surface area contributed by atoms with Gasteiger partial charge in [-0.1, -0.05) is 18.2 Å². The van der Waals surface area contributed by atoms with Gasteiger partial charge in [0.25, 0.3) is 0 Å². The number of nitrogens with zero attached hydrogens (tertiary/aromatic N) is 3. The number of H-pyrrole nitrogens is 1. The average Bonchev–Trinajstić information content (AvgIpc) is 3.11. The van der Waals surface area contributed by atoms with E-state index in [1.165, 1.54) is 0 Å². The molecule has 1 atom stereocenters. The summed E-state index contributed by atoms with van der Waals surface area (Å²) in [5.41, 5.74) is 5.30. The SMILES string of the molecule is Cc1n[nH]c(C)c1NC(C)c1cnn(-c2ccccc2)c1. The van der Waals surface area contributed by atoms with Gasteiger partial charge in [-0.25, -0.2) is 4.68 Å². The third kappa shape index (κ3) is 2.67. The van der Waals surface area contributed by atoms with Crippen LogP contribution in [0.15, 0.2) is 42.7 Å². The molecule has 0 saturated carbocycles. The largest absolute Gasteiger partial charge is 0.375 e. The van der Waals surface area contributed by atoms with E-state index in [0.717, 1.165) is 28.3 Å². The molecule has 0 saturated heterocycles.